The Kier molecular flexibility index (Phi) is 5.86. The van der Waals surface area contributed by atoms with Gasteiger partial charge in [0.2, 0.25) is 5.91 Å². The maximum Gasteiger partial charge on any atom is 0.416 e. The minimum Gasteiger partial charge on any atom is -0.380 e. The van der Waals surface area contributed by atoms with E-state index in [-0.39, 0.29) is 18.2 Å². The van der Waals surface area contributed by atoms with Crippen LogP contribution in [0.2, 0.25) is 0 Å². The van der Waals surface area contributed by atoms with Crippen LogP contribution in [0.3, 0.4) is 0 Å². The lowest BCUT2D eigenvalue weighted by molar-refractivity contribution is -0.137. The minimum atomic E-state index is -4.64. The number of nitrogens with one attached hydrogen (secondary N) is 1. The molecule has 1 aliphatic rings. The number of rotatable bonds is 3. The Morgan fingerprint density at radius 2 is 1.81 bits per heavy atom. The smallest absolute Gasteiger partial charge is 0.380 e. The van der Waals surface area contributed by atoms with Crippen molar-refractivity contribution in [2.24, 2.45) is 5.92 Å². The lowest BCUT2D eigenvalue weighted by atomic mass is 9.87. The van der Waals surface area contributed by atoms with Crippen molar-refractivity contribution in [2.45, 2.75) is 18.5 Å². The highest BCUT2D eigenvalue weighted by Gasteiger charge is 2.32. The predicted octanol–water partition coefficient (Wildman–Crippen LogP) is 5.37. The van der Waals surface area contributed by atoms with E-state index < -0.39 is 29.4 Å². The van der Waals surface area contributed by atoms with Crippen LogP contribution in [0, 0.1) is 11.7 Å². The normalized spacial score (nSPS) is 20.3. The van der Waals surface area contributed by atoms with Crippen LogP contribution in [-0.4, -0.2) is 19.1 Å². The first kappa shape index (κ1) is 19.8. The van der Waals surface area contributed by atoms with E-state index in [1.165, 1.54) is 0 Å². The van der Waals surface area contributed by atoms with Crippen molar-refractivity contribution in [3.05, 3.63) is 63.9 Å². The quantitative estimate of drug-likeness (QED) is 0.645. The molecule has 2 aromatic rings. The van der Waals surface area contributed by atoms with Crippen LogP contribution in [0.5, 0.6) is 0 Å². The summed E-state index contributed by atoms with van der Waals surface area (Å²) < 4.78 is 58.2. The van der Waals surface area contributed by atoms with Crippen molar-refractivity contribution >= 4 is 27.5 Å². The molecule has 0 bridgehead atoms. The Morgan fingerprint density at radius 1 is 1.11 bits per heavy atom. The number of anilines is 1. The highest BCUT2D eigenvalue weighted by Crippen LogP contribution is 2.33. The fourth-order valence-electron chi connectivity index (χ4n) is 3.01. The van der Waals surface area contributed by atoms with Crippen LogP contribution >= 0.6 is 15.9 Å². The second kappa shape index (κ2) is 7.98. The van der Waals surface area contributed by atoms with E-state index in [0.717, 1.165) is 22.2 Å². The number of benzene rings is 2. The van der Waals surface area contributed by atoms with E-state index in [0.29, 0.717) is 19.1 Å². The largest absolute Gasteiger partial charge is 0.416 e. The highest BCUT2D eigenvalue weighted by molar-refractivity contribution is 9.10. The van der Waals surface area contributed by atoms with Gasteiger partial charge in [0.15, 0.2) is 0 Å². The molecule has 1 fully saturated rings. The number of amides is 1. The zero-order valence-corrected chi connectivity index (χ0v) is 15.6. The van der Waals surface area contributed by atoms with Gasteiger partial charge in [-0.2, -0.15) is 13.2 Å². The first-order chi connectivity index (χ1) is 12.7. The fraction of sp³-hybridized carbons (Fsp3) is 0.316. The molecule has 2 atom stereocenters. The van der Waals surface area contributed by atoms with Crippen LogP contribution in [0.1, 0.15) is 23.5 Å². The zero-order valence-electron chi connectivity index (χ0n) is 14.0. The predicted molar refractivity (Wildman–Crippen MR) is 95.8 cm³/mol. The molecule has 0 radical (unpaired) electrons. The third-order valence-corrected chi connectivity index (χ3v) is 5.00. The Balaban J connectivity index is 1.68. The molecule has 0 saturated carbocycles. The molecule has 1 N–H and O–H groups in total. The molecule has 1 heterocycles. The van der Waals surface area contributed by atoms with Crippen molar-refractivity contribution < 1.29 is 27.1 Å². The number of carbonyl (C=O) groups is 1. The lowest BCUT2D eigenvalue weighted by Gasteiger charge is -2.29. The molecular weight excluding hydrogens is 430 g/mol. The number of alkyl halides is 3. The summed E-state index contributed by atoms with van der Waals surface area (Å²) >= 11 is 3.36. The SMILES string of the molecule is O=C(Nc1ccc(C(F)(F)F)cc1F)C1COCC(c2ccc(Br)cc2)C1. The van der Waals surface area contributed by atoms with Gasteiger partial charge in [0, 0.05) is 10.4 Å². The van der Waals surface area contributed by atoms with Gasteiger partial charge in [0.25, 0.3) is 0 Å². The van der Waals surface area contributed by atoms with E-state index in [4.69, 9.17) is 4.74 Å². The van der Waals surface area contributed by atoms with Crippen LogP contribution in [0.25, 0.3) is 0 Å². The average Bonchev–Trinajstić information content (AvgIpc) is 2.63. The molecular formula is C19H16BrF4NO2. The summed E-state index contributed by atoms with van der Waals surface area (Å²) in [6.45, 7) is 0.654. The maximum atomic E-state index is 13.9. The molecule has 1 saturated heterocycles. The Morgan fingerprint density at radius 3 is 2.44 bits per heavy atom. The summed E-state index contributed by atoms with van der Waals surface area (Å²) in [6.07, 6.45) is -4.13. The molecule has 8 heteroatoms. The van der Waals surface area contributed by atoms with Crippen molar-refractivity contribution in [1.29, 1.82) is 0 Å². The van der Waals surface area contributed by atoms with Gasteiger partial charge >= 0.3 is 6.18 Å². The highest BCUT2D eigenvalue weighted by atomic mass is 79.9. The molecule has 27 heavy (non-hydrogen) atoms. The summed E-state index contributed by atoms with van der Waals surface area (Å²) in [6, 6.07) is 9.71. The molecule has 2 unspecified atom stereocenters. The summed E-state index contributed by atoms with van der Waals surface area (Å²) in [5, 5.41) is 2.37. The Hall–Kier alpha value is -1.93. The van der Waals surface area contributed by atoms with Gasteiger partial charge in [-0.25, -0.2) is 4.39 Å². The third-order valence-electron chi connectivity index (χ3n) is 4.47. The van der Waals surface area contributed by atoms with E-state index in [1.54, 1.807) is 0 Å². The monoisotopic (exact) mass is 445 g/mol. The molecule has 3 rings (SSSR count). The van der Waals surface area contributed by atoms with Crippen LogP contribution < -0.4 is 5.32 Å². The minimum absolute atomic E-state index is 0.0139. The van der Waals surface area contributed by atoms with Crippen LogP contribution in [0.4, 0.5) is 23.2 Å². The molecule has 0 aromatic heterocycles. The molecule has 3 nitrogen and oxygen atoms in total. The molecule has 0 spiro atoms. The number of halogens is 5. The van der Waals surface area contributed by atoms with Gasteiger partial charge in [-0.05, 0) is 42.3 Å². The number of hydrogen-bond acceptors (Lipinski definition) is 2. The molecule has 2 aromatic carbocycles. The van der Waals surface area contributed by atoms with E-state index >= 15 is 0 Å². The zero-order chi connectivity index (χ0) is 19.6. The van der Waals surface area contributed by atoms with Crippen LogP contribution in [-0.2, 0) is 15.7 Å². The molecule has 0 aliphatic carbocycles. The van der Waals surface area contributed by atoms with E-state index in [9.17, 15) is 22.4 Å². The molecule has 1 aliphatic heterocycles. The summed E-state index contributed by atoms with van der Waals surface area (Å²) in [4.78, 5) is 12.4. The van der Waals surface area contributed by atoms with Gasteiger partial charge in [0.1, 0.15) is 5.82 Å². The fourth-order valence-corrected chi connectivity index (χ4v) is 3.27. The average molecular weight is 446 g/mol. The lowest BCUT2D eigenvalue weighted by Crippen LogP contribution is -2.33. The van der Waals surface area contributed by atoms with E-state index in [2.05, 4.69) is 21.2 Å². The van der Waals surface area contributed by atoms with Gasteiger partial charge in [-0.15, -0.1) is 0 Å². The van der Waals surface area contributed by atoms with E-state index in [1.807, 2.05) is 24.3 Å². The number of carbonyl (C=O) groups excluding carboxylic acids is 1. The van der Waals surface area contributed by atoms with Gasteiger partial charge < -0.3 is 10.1 Å². The van der Waals surface area contributed by atoms with Crippen molar-refractivity contribution in [3.8, 4) is 0 Å². The first-order valence-corrected chi connectivity index (χ1v) is 9.04. The van der Waals surface area contributed by atoms with Gasteiger partial charge in [-0.3, -0.25) is 4.79 Å². The Labute approximate surface area is 161 Å². The first-order valence-electron chi connectivity index (χ1n) is 8.25. The molecule has 1 amide bonds. The van der Waals surface area contributed by atoms with Crippen LogP contribution in [0.15, 0.2) is 46.9 Å². The standard InChI is InChI=1S/C19H16BrF4NO2/c20-15-4-1-11(2-5-15)12-7-13(10-27-9-12)18(26)25-17-6-3-14(8-16(17)21)19(22,23)24/h1-6,8,12-13H,7,9-10H2,(H,25,26). The van der Waals surface area contributed by atoms with Crippen molar-refractivity contribution in [2.75, 3.05) is 18.5 Å². The second-order valence-corrected chi connectivity index (χ2v) is 7.32. The topological polar surface area (TPSA) is 38.3 Å². The number of ether oxygens (including phenoxy) is 1. The van der Waals surface area contributed by atoms with Crippen molar-refractivity contribution in [3.63, 3.8) is 0 Å². The van der Waals surface area contributed by atoms with Crippen molar-refractivity contribution in [1.82, 2.24) is 0 Å². The Bertz CT molecular complexity index is 823. The maximum absolute atomic E-state index is 13.9. The summed E-state index contributed by atoms with van der Waals surface area (Å²) in [5.74, 6) is -2.11. The third kappa shape index (κ3) is 4.87. The summed E-state index contributed by atoms with van der Waals surface area (Å²) in [7, 11) is 0. The molecule has 144 valence electrons. The second-order valence-electron chi connectivity index (χ2n) is 6.40. The van der Waals surface area contributed by atoms with Gasteiger partial charge in [0.05, 0.1) is 30.4 Å². The van der Waals surface area contributed by atoms with Gasteiger partial charge in [-0.1, -0.05) is 28.1 Å². The number of hydrogen-bond donors (Lipinski definition) is 1. The summed E-state index contributed by atoms with van der Waals surface area (Å²) in [5.41, 5.74) is -0.357.